The molecule has 1 fully saturated rings. The molecule has 3 N–H and O–H groups in total. The molecule has 5 nitrogen and oxygen atoms in total. The van der Waals surface area contributed by atoms with Crippen LogP contribution in [0.25, 0.3) is 0 Å². The van der Waals surface area contributed by atoms with Crippen molar-refractivity contribution in [2.45, 2.75) is 32.2 Å². The van der Waals surface area contributed by atoms with Crippen LogP contribution in [0.3, 0.4) is 0 Å². The molecule has 116 valence electrons. The van der Waals surface area contributed by atoms with E-state index in [9.17, 15) is 9.59 Å². The van der Waals surface area contributed by atoms with Crippen molar-refractivity contribution in [2.24, 2.45) is 0 Å². The lowest BCUT2D eigenvalue weighted by molar-refractivity contribution is -0.116. The predicted octanol–water partition coefficient (Wildman–Crippen LogP) is 2.80. The van der Waals surface area contributed by atoms with E-state index in [0.717, 1.165) is 19.4 Å². The molecule has 1 atom stereocenters. The summed E-state index contributed by atoms with van der Waals surface area (Å²) in [6.07, 6.45) is 2.56. The molecule has 7 heteroatoms. The van der Waals surface area contributed by atoms with Crippen molar-refractivity contribution in [1.29, 1.82) is 0 Å². The highest BCUT2D eigenvalue weighted by atomic mass is 35.5. The Morgan fingerprint density at radius 1 is 1.38 bits per heavy atom. The Bertz CT molecular complexity index is 517. The lowest BCUT2D eigenvalue weighted by Gasteiger charge is -2.12. The maximum atomic E-state index is 12.0. The molecule has 1 heterocycles. The quantitative estimate of drug-likeness (QED) is 0.794. The van der Waals surface area contributed by atoms with Gasteiger partial charge in [0.15, 0.2) is 0 Å². The van der Waals surface area contributed by atoms with Crippen LogP contribution in [0.15, 0.2) is 18.2 Å². The zero-order chi connectivity index (χ0) is 14.5. The number of carbonyl (C=O) groups excluding carboxylic acids is 2. The van der Waals surface area contributed by atoms with E-state index in [1.165, 1.54) is 6.92 Å². The highest BCUT2D eigenvalue weighted by molar-refractivity contribution is 6.33. The maximum absolute atomic E-state index is 12.0. The normalized spacial score (nSPS) is 17.0. The third kappa shape index (κ3) is 5.53. The molecule has 2 rings (SSSR count). The summed E-state index contributed by atoms with van der Waals surface area (Å²) in [5.41, 5.74) is 1.12. The first-order valence-corrected chi connectivity index (χ1v) is 7.03. The number of rotatable bonds is 4. The minimum absolute atomic E-state index is 0. The van der Waals surface area contributed by atoms with Crippen LogP contribution in [0, 0.1) is 0 Å². The van der Waals surface area contributed by atoms with Gasteiger partial charge in [-0.15, -0.1) is 12.4 Å². The summed E-state index contributed by atoms with van der Waals surface area (Å²) in [7, 11) is 0. The number of amides is 2. The first-order chi connectivity index (χ1) is 9.54. The fourth-order valence-electron chi connectivity index (χ4n) is 2.26. The number of hydrogen-bond acceptors (Lipinski definition) is 3. The topological polar surface area (TPSA) is 70.2 Å². The first kappa shape index (κ1) is 17.8. The summed E-state index contributed by atoms with van der Waals surface area (Å²) >= 11 is 6.05. The van der Waals surface area contributed by atoms with E-state index in [1.807, 2.05) is 0 Å². The SMILES string of the molecule is CC(=O)Nc1ccc(Cl)c(NC(=O)CC2CCCN2)c1.Cl. The van der Waals surface area contributed by atoms with E-state index in [1.54, 1.807) is 18.2 Å². The van der Waals surface area contributed by atoms with Gasteiger partial charge in [-0.3, -0.25) is 9.59 Å². The lowest BCUT2D eigenvalue weighted by Crippen LogP contribution is -2.27. The smallest absolute Gasteiger partial charge is 0.225 e. The van der Waals surface area contributed by atoms with Crippen LogP contribution in [0.2, 0.25) is 5.02 Å². The summed E-state index contributed by atoms with van der Waals surface area (Å²) in [5.74, 6) is -0.244. The summed E-state index contributed by atoms with van der Waals surface area (Å²) in [5, 5.41) is 9.17. The summed E-state index contributed by atoms with van der Waals surface area (Å²) in [4.78, 5) is 23.0. The van der Waals surface area contributed by atoms with Crippen molar-refractivity contribution in [3.63, 3.8) is 0 Å². The van der Waals surface area contributed by atoms with Gasteiger partial charge in [-0.1, -0.05) is 11.6 Å². The van der Waals surface area contributed by atoms with E-state index in [-0.39, 0.29) is 30.3 Å². The molecule has 2 amide bonds. The molecule has 1 aromatic rings. The summed E-state index contributed by atoms with van der Waals surface area (Å²) in [6.45, 7) is 2.40. The Morgan fingerprint density at radius 2 is 2.14 bits per heavy atom. The van der Waals surface area contributed by atoms with Gasteiger partial charge in [-0.2, -0.15) is 0 Å². The van der Waals surface area contributed by atoms with Crippen molar-refractivity contribution in [3.05, 3.63) is 23.2 Å². The third-order valence-corrected chi connectivity index (χ3v) is 3.48. The predicted molar refractivity (Wildman–Crippen MR) is 87.3 cm³/mol. The van der Waals surface area contributed by atoms with Gasteiger partial charge in [-0.25, -0.2) is 0 Å². The fraction of sp³-hybridized carbons (Fsp3) is 0.429. The van der Waals surface area contributed by atoms with Crippen molar-refractivity contribution < 1.29 is 9.59 Å². The number of hydrogen-bond donors (Lipinski definition) is 3. The molecule has 0 saturated carbocycles. The minimum Gasteiger partial charge on any atom is -0.326 e. The average molecular weight is 332 g/mol. The number of carbonyl (C=O) groups is 2. The van der Waals surface area contributed by atoms with Gasteiger partial charge >= 0.3 is 0 Å². The van der Waals surface area contributed by atoms with E-state index in [0.29, 0.717) is 22.8 Å². The monoisotopic (exact) mass is 331 g/mol. The molecule has 0 spiro atoms. The largest absolute Gasteiger partial charge is 0.326 e. The fourth-order valence-corrected chi connectivity index (χ4v) is 2.42. The molecule has 0 bridgehead atoms. The molecule has 1 aliphatic rings. The number of benzene rings is 1. The summed E-state index contributed by atoms with van der Waals surface area (Å²) in [6, 6.07) is 5.24. The van der Waals surface area contributed by atoms with Crippen LogP contribution in [-0.2, 0) is 9.59 Å². The highest BCUT2D eigenvalue weighted by Gasteiger charge is 2.18. The molecular formula is C14H19Cl2N3O2. The van der Waals surface area contributed by atoms with Crippen LogP contribution in [0.5, 0.6) is 0 Å². The number of anilines is 2. The summed E-state index contributed by atoms with van der Waals surface area (Å²) < 4.78 is 0. The van der Waals surface area contributed by atoms with E-state index >= 15 is 0 Å². The second-order valence-corrected chi connectivity index (χ2v) is 5.33. The minimum atomic E-state index is -0.167. The second-order valence-electron chi connectivity index (χ2n) is 4.92. The molecular weight excluding hydrogens is 313 g/mol. The van der Waals surface area contributed by atoms with Crippen LogP contribution in [-0.4, -0.2) is 24.4 Å². The second kappa shape index (κ2) is 8.22. The van der Waals surface area contributed by atoms with E-state index in [2.05, 4.69) is 16.0 Å². The number of nitrogens with one attached hydrogen (secondary N) is 3. The number of halogens is 2. The van der Waals surface area contributed by atoms with Crippen molar-refractivity contribution in [1.82, 2.24) is 5.32 Å². The van der Waals surface area contributed by atoms with Gasteiger partial charge in [0.05, 0.1) is 10.7 Å². The Hall–Kier alpha value is -1.30. The van der Waals surface area contributed by atoms with Crippen molar-refractivity contribution >= 4 is 47.2 Å². The van der Waals surface area contributed by atoms with Crippen LogP contribution in [0.1, 0.15) is 26.2 Å². The Kier molecular flexibility index (Phi) is 6.95. The zero-order valence-corrected chi connectivity index (χ0v) is 13.3. The lowest BCUT2D eigenvalue weighted by atomic mass is 10.1. The van der Waals surface area contributed by atoms with Crippen molar-refractivity contribution in [3.8, 4) is 0 Å². The molecule has 1 aromatic carbocycles. The first-order valence-electron chi connectivity index (χ1n) is 6.65. The van der Waals surface area contributed by atoms with Crippen molar-refractivity contribution in [2.75, 3.05) is 17.2 Å². The Morgan fingerprint density at radius 3 is 2.76 bits per heavy atom. The molecule has 1 aliphatic heterocycles. The third-order valence-electron chi connectivity index (χ3n) is 3.15. The maximum Gasteiger partial charge on any atom is 0.225 e. The van der Waals surface area contributed by atoms with Gasteiger partial charge in [0.1, 0.15) is 0 Å². The molecule has 0 aliphatic carbocycles. The van der Waals surface area contributed by atoms with Gasteiger partial charge in [0, 0.05) is 25.1 Å². The van der Waals surface area contributed by atoms with Gasteiger partial charge < -0.3 is 16.0 Å². The zero-order valence-electron chi connectivity index (χ0n) is 11.7. The Labute approximate surface area is 135 Å². The van der Waals surface area contributed by atoms with Gasteiger partial charge in [0.2, 0.25) is 11.8 Å². The Balaban J connectivity index is 0.00000220. The van der Waals surface area contributed by atoms with E-state index < -0.39 is 0 Å². The standard InChI is InChI=1S/C14H18ClN3O2.ClH/c1-9(19)17-11-4-5-12(15)13(7-11)18-14(20)8-10-3-2-6-16-10;/h4-5,7,10,16H,2-3,6,8H2,1H3,(H,17,19)(H,18,20);1H. The van der Waals surface area contributed by atoms with E-state index in [4.69, 9.17) is 11.6 Å². The highest BCUT2D eigenvalue weighted by Crippen LogP contribution is 2.26. The van der Waals surface area contributed by atoms with Crippen LogP contribution in [0.4, 0.5) is 11.4 Å². The van der Waals surface area contributed by atoms with Gasteiger partial charge in [-0.05, 0) is 37.6 Å². The van der Waals surface area contributed by atoms with Gasteiger partial charge in [0.25, 0.3) is 0 Å². The molecule has 0 aromatic heterocycles. The molecule has 1 unspecified atom stereocenters. The molecule has 0 radical (unpaired) electrons. The average Bonchev–Trinajstić information content (AvgIpc) is 2.85. The molecule has 21 heavy (non-hydrogen) atoms. The van der Waals surface area contributed by atoms with Crippen LogP contribution >= 0.6 is 24.0 Å². The van der Waals surface area contributed by atoms with Crippen LogP contribution < -0.4 is 16.0 Å². The molecule has 1 saturated heterocycles.